The summed E-state index contributed by atoms with van der Waals surface area (Å²) in [5, 5.41) is 2.87. The number of carbonyl (C=O) groups excluding carboxylic acids is 2. The Hall–Kier alpha value is -2.83. The molecular formula is C18H22N4O3. The molecule has 7 nitrogen and oxygen atoms in total. The molecule has 0 unspecified atom stereocenters. The second kappa shape index (κ2) is 7.38. The summed E-state index contributed by atoms with van der Waals surface area (Å²) in [5.74, 6) is 0.145. The van der Waals surface area contributed by atoms with Crippen molar-refractivity contribution >= 4 is 17.5 Å². The Morgan fingerprint density at radius 2 is 1.96 bits per heavy atom. The predicted octanol–water partition coefficient (Wildman–Crippen LogP) is 1.78. The highest BCUT2D eigenvalue weighted by molar-refractivity contribution is 5.95. The molecule has 3 heterocycles. The molecule has 1 fully saturated rings. The van der Waals surface area contributed by atoms with E-state index in [1.807, 2.05) is 19.9 Å². The van der Waals surface area contributed by atoms with Gasteiger partial charge in [-0.15, -0.1) is 0 Å². The van der Waals surface area contributed by atoms with Crippen LogP contribution in [-0.2, 0) is 0 Å². The Morgan fingerprint density at radius 1 is 1.20 bits per heavy atom. The van der Waals surface area contributed by atoms with Crippen molar-refractivity contribution < 1.29 is 14.0 Å². The van der Waals surface area contributed by atoms with Crippen LogP contribution in [0, 0.1) is 0 Å². The Labute approximate surface area is 146 Å². The van der Waals surface area contributed by atoms with Crippen molar-refractivity contribution in [3.05, 3.63) is 48.2 Å². The largest absolute Gasteiger partial charge is 0.459 e. The molecule has 2 aromatic heterocycles. The maximum atomic E-state index is 12.3. The Morgan fingerprint density at radius 3 is 2.60 bits per heavy atom. The third-order valence-corrected chi connectivity index (χ3v) is 4.07. The maximum Gasteiger partial charge on any atom is 0.289 e. The number of carbonyl (C=O) groups is 2. The molecule has 7 heteroatoms. The first-order valence-corrected chi connectivity index (χ1v) is 8.38. The highest BCUT2D eigenvalue weighted by Crippen LogP contribution is 2.18. The van der Waals surface area contributed by atoms with E-state index in [2.05, 4.69) is 15.2 Å². The minimum atomic E-state index is -0.129. The first-order valence-electron chi connectivity index (χ1n) is 8.38. The van der Waals surface area contributed by atoms with Gasteiger partial charge in [0.2, 0.25) is 0 Å². The summed E-state index contributed by atoms with van der Waals surface area (Å²) in [5.41, 5.74) is 1.43. The van der Waals surface area contributed by atoms with E-state index in [1.54, 1.807) is 29.4 Å². The smallest absolute Gasteiger partial charge is 0.289 e. The average molecular weight is 342 g/mol. The molecule has 0 bridgehead atoms. The summed E-state index contributed by atoms with van der Waals surface area (Å²) < 4.78 is 5.17. The fraction of sp³-hybridized carbons (Fsp3) is 0.389. The van der Waals surface area contributed by atoms with E-state index in [9.17, 15) is 9.59 Å². The van der Waals surface area contributed by atoms with Gasteiger partial charge >= 0.3 is 0 Å². The van der Waals surface area contributed by atoms with Crippen molar-refractivity contribution in [1.82, 2.24) is 15.2 Å². The number of hydrogen-bond acceptors (Lipinski definition) is 5. The molecule has 2 aromatic rings. The van der Waals surface area contributed by atoms with Crippen LogP contribution in [-0.4, -0.2) is 53.9 Å². The minimum Gasteiger partial charge on any atom is -0.459 e. The lowest BCUT2D eigenvalue weighted by atomic mass is 10.2. The second-order valence-electron chi connectivity index (χ2n) is 6.32. The SMILES string of the molecule is CC(C)NC(=O)c1cncc(N2CCN(C(=O)c3ccco3)CC2)c1. The number of hydrogen-bond donors (Lipinski definition) is 1. The number of anilines is 1. The molecular weight excluding hydrogens is 320 g/mol. The van der Waals surface area contributed by atoms with E-state index < -0.39 is 0 Å². The number of piperazine rings is 1. The standard InChI is InChI=1S/C18H22N4O3/c1-13(2)20-17(23)14-10-15(12-19-11-14)21-5-7-22(8-6-21)18(24)16-4-3-9-25-16/h3-4,9-13H,5-8H2,1-2H3,(H,20,23). The Bertz CT molecular complexity index is 735. The monoisotopic (exact) mass is 342 g/mol. The molecule has 0 aliphatic carbocycles. The van der Waals surface area contributed by atoms with Crippen molar-refractivity contribution in [3.8, 4) is 0 Å². The van der Waals surface area contributed by atoms with Crippen LogP contribution in [0.3, 0.4) is 0 Å². The van der Waals surface area contributed by atoms with Crippen LogP contribution in [0.25, 0.3) is 0 Å². The zero-order chi connectivity index (χ0) is 17.8. The second-order valence-corrected chi connectivity index (χ2v) is 6.32. The number of rotatable bonds is 4. The quantitative estimate of drug-likeness (QED) is 0.916. The lowest BCUT2D eigenvalue weighted by molar-refractivity contribution is 0.0714. The van der Waals surface area contributed by atoms with Crippen LogP contribution in [0.2, 0.25) is 0 Å². The van der Waals surface area contributed by atoms with Gasteiger partial charge in [-0.05, 0) is 32.0 Å². The lowest BCUT2D eigenvalue weighted by Gasteiger charge is -2.35. The molecule has 0 atom stereocenters. The van der Waals surface area contributed by atoms with E-state index in [0.29, 0.717) is 37.5 Å². The molecule has 0 saturated carbocycles. The molecule has 0 aromatic carbocycles. The number of pyridine rings is 1. The lowest BCUT2D eigenvalue weighted by Crippen LogP contribution is -2.48. The van der Waals surface area contributed by atoms with Gasteiger partial charge in [0.15, 0.2) is 5.76 Å². The average Bonchev–Trinajstić information content (AvgIpc) is 3.15. The summed E-state index contributed by atoms with van der Waals surface area (Å²) in [6.45, 7) is 6.41. The summed E-state index contributed by atoms with van der Waals surface area (Å²) in [4.78, 5) is 32.5. The maximum absolute atomic E-state index is 12.3. The first-order chi connectivity index (χ1) is 12.0. The summed E-state index contributed by atoms with van der Waals surface area (Å²) in [7, 11) is 0. The summed E-state index contributed by atoms with van der Waals surface area (Å²) in [6, 6.07) is 5.31. The molecule has 3 rings (SSSR count). The minimum absolute atomic E-state index is 0.0762. The van der Waals surface area contributed by atoms with Gasteiger partial charge in [-0.25, -0.2) is 0 Å². The van der Waals surface area contributed by atoms with Crippen LogP contribution in [0.4, 0.5) is 5.69 Å². The van der Waals surface area contributed by atoms with Crippen molar-refractivity contribution in [1.29, 1.82) is 0 Å². The van der Waals surface area contributed by atoms with E-state index in [0.717, 1.165) is 5.69 Å². The van der Waals surface area contributed by atoms with E-state index in [1.165, 1.54) is 6.26 Å². The van der Waals surface area contributed by atoms with E-state index >= 15 is 0 Å². The Kier molecular flexibility index (Phi) is 5.02. The van der Waals surface area contributed by atoms with Crippen molar-refractivity contribution in [2.75, 3.05) is 31.1 Å². The molecule has 2 amide bonds. The number of nitrogens with zero attached hydrogens (tertiary/aromatic N) is 3. The van der Waals surface area contributed by atoms with E-state index in [-0.39, 0.29) is 17.9 Å². The van der Waals surface area contributed by atoms with E-state index in [4.69, 9.17) is 4.42 Å². The third-order valence-electron chi connectivity index (χ3n) is 4.07. The molecule has 132 valence electrons. The summed E-state index contributed by atoms with van der Waals surface area (Å²) in [6.07, 6.45) is 4.82. The van der Waals surface area contributed by atoms with Crippen LogP contribution in [0.5, 0.6) is 0 Å². The van der Waals surface area contributed by atoms with Gasteiger partial charge in [0.05, 0.1) is 23.7 Å². The van der Waals surface area contributed by atoms with Crippen LogP contribution in [0.1, 0.15) is 34.8 Å². The number of aromatic nitrogens is 1. The number of furan rings is 1. The third kappa shape index (κ3) is 3.99. The fourth-order valence-corrected chi connectivity index (χ4v) is 2.79. The molecule has 0 radical (unpaired) electrons. The van der Waals surface area contributed by atoms with Gasteiger partial charge in [-0.3, -0.25) is 14.6 Å². The zero-order valence-corrected chi connectivity index (χ0v) is 14.4. The molecule has 0 spiro atoms. The van der Waals surface area contributed by atoms with Crippen molar-refractivity contribution in [3.63, 3.8) is 0 Å². The highest BCUT2D eigenvalue weighted by Gasteiger charge is 2.24. The van der Waals surface area contributed by atoms with Gasteiger partial charge in [-0.2, -0.15) is 0 Å². The number of nitrogens with one attached hydrogen (secondary N) is 1. The number of amides is 2. The van der Waals surface area contributed by atoms with Gasteiger partial charge < -0.3 is 19.5 Å². The van der Waals surface area contributed by atoms with Gasteiger partial charge in [-0.1, -0.05) is 0 Å². The van der Waals surface area contributed by atoms with Gasteiger partial charge in [0.25, 0.3) is 11.8 Å². The Balaban J connectivity index is 1.63. The molecule has 25 heavy (non-hydrogen) atoms. The van der Waals surface area contributed by atoms with Crippen molar-refractivity contribution in [2.45, 2.75) is 19.9 Å². The normalized spacial score (nSPS) is 14.7. The summed E-state index contributed by atoms with van der Waals surface area (Å²) >= 11 is 0. The van der Waals surface area contributed by atoms with Crippen LogP contribution in [0.15, 0.2) is 41.3 Å². The topological polar surface area (TPSA) is 78.7 Å². The fourth-order valence-electron chi connectivity index (χ4n) is 2.79. The molecule has 1 N–H and O–H groups in total. The predicted molar refractivity (Wildman–Crippen MR) is 93.7 cm³/mol. The van der Waals surface area contributed by atoms with Gasteiger partial charge in [0, 0.05) is 38.4 Å². The van der Waals surface area contributed by atoms with Crippen LogP contribution < -0.4 is 10.2 Å². The van der Waals surface area contributed by atoms with Gasteiger partial charge in [0.1, 0.15) is 0 Å². The molecule has 1 aliphatic heterocycles. The highest BCUT2D eigenvalue weighted by atomic mass is 16.3. The first kappa shape index (κ1) is 17.0. The van der Waals surface area contributed by atoms with Crippen molar-refractivity contribution in [2.24, 2.45) is 0 Å². The molecule has 1 aliphatic rings. The molecule has 1 saturated heterocycles. The zero-order valence-electron chi connectivity index (χ0n) is 14.4. The van der Waals surface area contributed by atoms with Crippen LogP contribution >= 0.6 is 0 Å².